The molecule has 1 amide bonds. The molecule has 2 N–H and O–H groups in total. The second-order valence-electron chi connectivity index (χ2n) is 4.19. The highest BCUT2D eigenvalue weighted by Crippen LogP contribution is 2.13. The van der Waals surface area contributed by atoms with E-state index in [1.54, 1.807) is 6.92 Å². The number of nitrogens with one attached hydrogen (secondary N) is 2. The Balaban J connectivity index is 2.67. The van der Waals surface area contributed by atoms with E-state index in [0.29, 0.717) is 0 Å². The molecule has 0 saturated heterocycles. The number of hydrogen-bond acceptors (Lipinski definition) is 2. The van der Waals surface area contributed by atoms with Gasteiger partial charge in [0, 0.05) is 17.8 Å². The van der Waals surface area contributed by atoms with Crippen molar-refractivity contribution >= 4 is 11.6 Å². The molecular weight excluding hydrogens is 226 g/mol. The first-order chi connectivity index (χ1) is 7.88. The summed E-state index contributed by atoms with van der Waals surface area (Å²) in [4.78, 5) is 11.6. The van der Waals surface area contributed by atoms with E-state index in [1.165, 1.54) is 0 Å². The highest BCUT2D eigenvalue weighted by atomic mass is 19.1. The molecule has 0 heterocycles. The monoisotopic (exact) mass is 242 g/mol. The van der Waals surface area contributed by atoms with Crippen LogP contribution in [0.3, 0.4) is 0 Å². The van der Waals surface area contributed by atoms with Gasteiger partial charge in [-0.3, -0.25) is 4.79 Å². The van der Waals surface area contributed by atoms with Crippen LogP contribution in [0, 0.1) is 11.6 Å². The van der Waals surface area contributed by atoms with Gasteiger partial charge in [0.15, 0.2) is 0 Å². The minimum atomic E-state index is -0.677. The quantitative estimate of drug-likeness (QED) is 0.850. The molecule has 0 aromatic heterocycles. The third-order valence-electron chi connectivity index (χ3n) is 2.07. The van der Waals surface area contributed by atoms with Crippen LogP contribution in [0.15, 0.2) is 18.2 Å². The lowest BCUT2D eigenvalue weighted by atomic mass is 10.2. The van der Waals surface area contributed by atoms with Crippen molar-refractivity contribution in [3.63, 3.8) is 0 Å². The Labute approximate surface area is 99.2 Å². The molecule has 0 aliphatic carbocycles. The maximum atomic E-state index is 12.9. The standard InChI is InChI=1S/C12H16F2N2O/c1-7(2)15-12(17)8(3)16-11-5-9(13)4-10(14)6-11/h4-8,16H,1-3H3,(H,15,17). The molecule has 0 spiro atoms. The van der Waals surface area contributed by atoms with Gasteiger partial charge in [0.25, 0.3) is 0 Å². The number of carbonyl (C=O) groups is 1. The van der Waals surface area contributed by atoms with Gasteiger partial charge < -0.3 is 10.6 Å². The predicted molar refractivity (Wildman–Crippen MR) is 62.7 cm³/mol. The number of benzene rings is 1. The summed E-state index contributed by atoms with van der Waals surface area (Å²) < 4.78 is 25.8. The van der Waals surface area contributed by atoms with Crippen molar-refractivity contribution in [1.29, 1.82) is 0 Å². The van der Waals surface area contributed by atoms with E-state index in [-0.39, 0.29) is 17.6 Å². The average molecular weight is 242 g/mol. The molecule has 1 rings (SSSR count). The molecule has 1 atom stereocenters. The lowest BCUT2D eigenvalue weighted by molar-refractivity contribution is -0.122. The van der Waals surface area contributed by atoms with Crippen LogP contribution in [0.4, 0.5) is 14.5 Å². The molecule has 1 aromatic carbocycles. The Kier molecular flexibility index (Phi) is 4.43. The molecule has 0 aliphatic rings. The van der Waals surface area contributed by atoms with Crippen LogP contribution in [0.2, 0.25) is 0 Å². The van der Waals surface area contributed by atoms with Crippen molar-refractivity contribution in [1.82, 2.24) is 5.32 Å². The summed E-state index contributed by atoms with van der Waals surface area (Å²) in [6.45, 7) is 5.31. The first-order valence-corrected chi connectivity index (χ1v) is 5.41. The molecule has 1 unspecified atom stereocenters. The number of anilines is 1. The van der Waals surface area contributed by atoms with Crippen LogP contribution in [-0.2, 0) is 4.79 Å². The van der Waals surface area contributed by atoms with Crippen molar-refractivity contribution < 1.29 is 13.6 Å². The van der Waals surface area contributed by atoms with Crippen LogP contribution >= 0.6 is 0 Å². The van der Waals surface area contributed by atoms with Crippen LogP contribution in [0.1, 0.15) is 20.8 Å². The summed E-state index contributed by atoms with van der Waals surface area (Å²) in [6, 6.07) is 2.53. The van der Waals surface area contributed by atoms with Crippen molar-refractivity contribution in [2.45, 2.75) is 32.9 Å². The van der Waals surface area contributed by atoms with Crippen LogP contribution < -0.4 is 10.6 Å². The smallest absolute Gasteiger partial charge is 0.242 e. The zero-order chi connectivity index (χ0) is 13.0. The molecule has 0 aliphatic heterocycles. The van der Waals surface area contributed by atoms with E-state index in [1.807, 2.05) is 13.8 Å². The van der Waals surface area contributed by atoms with Crippen LogP contribution in [0.25, 0.3) is 0 Å². The molecule has 3 nitrogen and oxygen atoms in total. The first-order valence-electron chi connectivity index (χ1n) is 5.41. The van der Waals surface area contributed by atoms with Crippen LogP contribution in [0.5, 0.6) is 0 Å². The predicted octanol–water partition coefficient (Wildman–Crippen LogP) is 2.29. The molecule has 1 aromatic rings. The molecule has 17 heavy (non-hydrogen) atoms. The summed E-state index contributed by atoms with van der Waals surface area (Å²) >= 11 is 0. The summed E-state index contributed by atoms with van der Waals surface area (Å²) in [5.41, 5.74) is 0.244. The van der Waals surface area contributed by atoms with Gasteiger partial charge in [-0.2, -0.15) is 0 Å². The lowest BCUT2D eigenvalue weighted by Crippen LogP contribution is -2.41. The Morgan fingerprint density at radius 2 is 1.65 bits per heavy atom. The third kappa shape index (κ3) is 4.38. The molecule has 0 fully saturated rings. The lowest BCUT2D eigenvalue weighted by Gasteiger charge is -2.17. The van der Waals surface area contributed by atoms with Gasteiger partial charge >= 0.3 is 0 Å². The summed E-state index contributed by atoms with van der Waals surface area (Å²) in [6.07, 6.45) is 0. The Hall–Kier alpha value is -1.65. The second-order valence-corrected chi connectivity index (χ2v) is 4.19. The van der Waals surface area contributed by atoms with E-state index in [9.17, 15) is 13.6 Å². The molecule has 0 bridgehead atoms. The van der Waals surface area contributed by atoms with Crippen molar-refractivity contribution in [3.8, 4) is 0 Å². The highest BCUT2D eigenvalue weighted by Gasteiger charge is 2.13. The minimum Gasteiger partial charge on any atom is -0.374 e. The number of halogens is 2. The SMILES string of the molecule is CC(C)NC(=O)C(C)Nc1cc(F)cc(F)c1. The maximum absolute atomic E-state index is 12.9. The van der Waals surface area contributed by atoms with Gasteiger partial charge in [-0.1, -0.05) is 0 Å². The summed E-state index contributed by atoms with van der Waals surface area (Å²) in [5, 5.41) is 5.44. The van der Waals surface area contributed by atoms with Gasteiger partial charge in [-0.15, -0.1) is 0 Å². The molecule has 0 saturated carbocycles. The maximum Gasteiger partial charge on any atom is 0.242 e. The molecule has 0 radical (unpaired) electrons. The zero-order valence-corrected chi connectivity index (χ0v) is 10.1. The fourth-order valence-corrected chi connectivity index (χ4v) is 1.36. The first kappa shape index (κ1) is 13.4. The second kappa shape index (κ2) is 5.61. The molecule has 5 heteroatoms. The van der Waals surface area contributed by atoms with E-state index >= 15 is 0 Å². The van der Waals surface area contributed by atoms with Gasteiger partial charge in [-0.05, 0) is 32.9 Å². The van der Waals surface area contributed by atoms with E-state index in [2.05, 4.69) is 10.6 Å². The number of carbonyl (C=O) groups excluding carboxylic acids is 1. The third-order valence-corrected chi connectivity index (χ3v) is 2.07. The van der Waals surface area contributed by atoms with Gasteiger partial charge in [0.1, 0.15) is 17.7 Å². The molecular formula is C12H16F2N2O. The Morgan fingerprint density at radius 1 is 1.12 bits per heavy atom. The highest BCUT2D eigenvalue weighted by molar-refractivity contribution is 5.84. The van der Waals surface area contributed by atoms with Gasteiger partial charge in [-0.25, -0.2) is 8.78 Å². The largest absolute Gasteiger partial charge is 0.374 e. The summed E-state index contributed by atoms with van der Waals surface area (Å²) in [5.74, 6) is -1.57. The minimum absolute atomic E-state index is 0.0241. The average Bonchev–Trinajstić information content (AvgIpc) is 2.14. The fraction of sp³-hybridized carbons (Fsp3) is 0.417. The van der Waals surface area contributed by atoms with Gasteiger partial charge in [0.2, 0.25) is 5.91 Å². The Morgan fingerprint density at radius 3 is 2.12 bits per heavy atom. The summed E-state index contributed by atoms with van der Waals surface area (Å²) in [7, 11) is 0. The fourth-order valence-electron chi connectivity index (χ4n) is 1.36. The van der Waals surface area contributed by atoms with Gasteiger partial charge in [0.05, 0.1) is 0 Å². The van der Waals surface area contributed by atoms with E-state index in [4.69, 9.17) is 0 Å². The Bertz CT molecular complexity index is 387. The number of rotatable bonds is 4. The zero-order valence-electron chi connectivity index (χ0n) is 10.1. The number of amides is 1. The van der Waals surface area contributed by atoms with Crippen molar-refractivity contribution in [2.75, 3.05) is 5.32 Å². The topological polar surface area (TPSA) is 41.1 Å². The molecule has 94 valence electrons. The van der Waals surface area contributed by atoms with Crippen LogP contribution in [-0.4, -0.2) is 18.0 Å². The van der Waals surface area contributed by atoms with Crippen molar-refractivity contribution in [2.24, 2.45) is 0 Å². The number of hydrogen-bond donors (Lipinski definition) is 2. The van der Waals surface area contributed by atoms with Crippen molar-refractivity contribution in [3.05, 3.63) is 29.8 Å². The van der Waals surface area contributed by atoms with E-state index < -0.39 is 17.7 Å². The van der Waals surface area contributed by atoms with E-state index in [0.717, 1.165) is 18.2 Å². The normalized spacial score (nSPS) is 12.4.